The number of terminal acetylenes is 1. The third-order valence-corrected chi connectivity index (χ3v) is 2.88. The topological polar surface area (TPSA) is 12.0 Å². The van der Waals surface area contributed by atoms with Gasteiger partial charge in [-0.3, -0.25) is 0 Å². The van der Waals surface area contributed by atoms with E-state index < -0.39 is 0 Å². The van der Waals surface area contributed by atoms with Gasteiger partial charge in [0, 0.05) is 17.5 Å². The van der Waals surface area contributed by atoms with Gasteiger partial charge in [-0.1, -0.05) is 24.6 Å². The lowest BCUT2D eigenvalue weighted by molar-refractivity contribution is 0.504. The van der Waals surface area contributed by atoms with Crippen molar-refractivity contribution in [1.29, 1.82) is 0 Å². The van der Waals surface area contributed by atoms with Crippen LogP contribution in [-0.4, -0.2) is 6.54 Å². The van der Waals surface area contributed by atoms with Gasteiger partial charge in [0.1, 0.15) is 5.82 Å². The van der Waals surface area contributed by atoms with E-state index in [1.54, 1.807) is 6.07 Å². The van der Waals surface area contributed by atoms with Gasteiger partial charge in [-0.25, -0.2) is 4.39 Å². The molecule has 0 aromatic heterocycles. The number of hydrogen-bond acceptors (Lipinski definition) is 1. The molecular formula is C14H17ClFN. The van der Waals surface area contributed by atoms with Crippen molar-refractivity contribution >= 4 is 11.6 Å². The van der Waals surface area contributed by atoms with E-state index in [-0.39, 0.29) is 11.9 Å². The van der Waals surface area contributed by atoms with Crippen LogP contribution < -0.4 is 5.32 Å². The number of nitrogens with one attached hydrogen (secondary N) is 1. The predicted molar refractivity (Wildman–Crippen MR) is 70.5 cm³/mol. The summed E-state index contributed by atoms with van der Waals surface area (Å²) in [7, 11) is 0. The maximum Gasteiger partial charge on any atom is 0.124 e. The number of rotatable bonds is 6. The second kappa shape index (κ2) is 7.32. The Morgan fingerprint density at radius 2 is 2.29 bits per heavy atom. The molecule has 1 aromatic rings. The lowest BCUT2D eigenvalue weighted by Crippen LogP contribution is -2.22. The molecule has 0 aliphatic rings. The maximum absolute atomic E-state index is 13.0. The first-order valence-corrected chi connectivity index (χ1v) is 6.18. The zero-order chi connectivity index (χ0) is 12.7. The van der Waals surface area contributed by atoms with Crippen LogP contribution in [0.15, 0.2) is 18.2 Å². The first-order chi connectivity index (χ1) is 8.19. The van der Waals surface area contributed by atoms with Gasteiger partial charge in [0.05, 0.1) is 0 Å². The van der Waals surface area contributed by atoms with Gasteiger partial charge in [0.25, 0.3) is 0 Å². The molecule has 1 unspecified atom stereocenters. The second-order valence-electron chi connectivity index (χ2n) is 3.92. The third kappa shape index (κ3) is 4.38. The van der Waals surface area contributed by atoms with Gasteiger partial charge in [0.15, 0.2) is 0 Å². The smallest absolute Gasteiger partial charge is 0.124 e. The Balaban J connectivity index is 2.83. The highest BCUT2D eigenvalue weighted by molar-refractivity contribution is 6.31. The molecule has 0 saturated carbocycles. The molecule has 1 atom stereocenters. The van der Waals surface area contributed by atoms with E-state index in [9.17, 15) is 4.39 Å². The summed E-state index contributed by atoms with van der Waals surface area (Å²) >= 11 is 6.05. The van der Waals surface area contributed by atoms with E-state index in [1.165, 1.54) is 12.1 Å². The Bertz CT molecular complexity index is 398. The molecular weight excluding hydrogens is 237 g/mol. The van der Waals surface area contributed by atoms with Gasteiger partial charge in [-0.2, -0.15) is 0 Å². The van der Waals surface area contributed by atoms with Crippen molar-refractivity contribution in [3.63, 3.8) is 0 Å². The van der Waals surface area contributed by atoms with Crippen LogP contribution in [0, 0.1) is 18.2 Å². The third-order valence-electron chi connectivity index (χ3n) is 2.56. The number of benzene rings is 1. The fraction of sp³-hybridized carbons (Fsp3) is 0.429. The maximum atomic E-state index is 13.0. The molecule has 0 bridgehead atoms. The normalized spacial score (nSPS) is 12.1. The molecule has 1 aromatic carbocycles. The lowest BCUT2D eigenvalue weighted by Gasteiger charge is -2.19. The van der Waals surface area contributed by atoms with Gasteiger partial charge >= 0.3 is 0 Å². The second-order valence-corrected chi connectivity index (χ2v) is 4.32. The largest absolute Gasteiger partial charge is 0.310 e. The fourth-order valence-corrected chi connectivity index (χ4v) is 2.00. The van der Waals surface area contributed by atoms with Crippen molar-refractivity contribution < 1.29 is 4.39 Å². The molecule has 17 heavy (non-hydrogen) atoms. The highest BCUT2D eigenvalue weighted by Gasteiger charge is 2.13. The zero-order valence-electron chi connectivity index (χ0n) is 9.97. The minimum absolute atomic E-state index is 0.0964. The van der Waals surface area contributed by atoms with Crippen molar-refractivity contribution in [2.45, 2.75) is 32.2 Å². The van der Waals surface area contributed by atoms with Crippen molar-refractivity contribution in [2.24, 2.45) is 0 Å². The summed E-state index contributed by atoms with van der Waals surface area (Å²) in [5.41, 5.74) is 0.914. The molecule has 0 radical (unpaired) electrons. The highest BCUT2D eigenvalue weighted by atomic mass is 35.5. The fourth-order valence-electron chi connectivity index (χ4n) is 1.70. The van der Waals surface area contributed by atoms with Crippen LogP contribution in [0.2, 0.25) is 5.02 Å². The first kappa shape index (κ1) is 14.0. The van der Waals surface area contributed by atoms with Gasteiger partial charge < -0.3 is 5.32 Å². The van der Waals surface area contributed by atoms with Crippen LogP contribution in [0.4, 0.5) is 4.39 Å². The van der Waals surface area contributed by atoms with E-state index in [1.807, 2.05) is 0 Å². The lowest BCUT2D eigenvalue weighted by atomic mass is 10.0. The van der Waals surface area contributed by atoms with Crippen molar-refractivity contribution in [3.8, 4) is 12.3 Å². The monoisotopic (exact) mass is 253 g/mol. The summed E-state index contributed by atoms with van der Waals surface area (Å²) in [5, 5.41) is 3.83. The Hall–Kier alpha value is -1.04. The van der Waals surface area contributed by atoms with Crippen molar-refractivity contribution in [1.82, 2.24) is 5.32 Å². The molecule has 0 heterocycles. The predicted octanol–water partition coefficient (Wildman–Crippen LogP) is 3.93. The van der Waals surface area contributed by atoms with Crippen LogP contribution in [0.1, 0.15) is 37.8 Å². The molecule has 1 N–H and O–H groups in total. The van der Waals surface area contributed by atoms with E-state index in [0.717, 1.165) is 24.9 Å². The molecule has 0 spiro atoms. The SMILES string of the molecule is C#CCCC(NCCC)c1ccc(F)cc1Cl. The summed E-state index contributed by atoms with van der Waals surface area (Å²) in [6, 6.07) is 4.59. The van der Waals surface area contributed by atoms with Crippen molar-refractivity contribution in [2.75, 3.05) is 6.54 Å². The molecule has 1 nitrogen and oxygen atoms in total. The van der Waals surface area contributed by atoms with Gasteiger partial charge in [0.2, 0.25) is 0 Å². The number of hydrogen-bond donors (Lipinski definition) is 1. The first-order valence-electron chi connectivity index (χ1n) is 5.80. The summed E-state index contributed by atoms with van der Waals surface area (Å²) in [6.07, 6.45) is 7.79. The van der Waals surface area contributed by atoms with Gasteiger partial charge in [-0.15, -0.1) is 12.3 Å². The van der Waals surface area contributed by atoms with Crippen LogP contribution in [0.3, 0.4) is 0 Å². The van der Waals surface area contributed by atoms with Crippen LogP contribution >= 0.6 is 11.6 Å². The average Bonchev–Trinajstić information content (AvgIpc) is 2.30. The van der Waals surface area contributed by atoms with Crippen LogP contribution in [-0.2, 0) is 0 Å². The van der Waals surface area contributed by atoms with E-state index in [2.05, 4.69) is 18.2 Å². The summed E-state index contributed by atoms with van der Waals surface area (Å²) in [5.74, 6) is 2.30. The van der Waals surface area contributed by atoms with E-state index >= 15 is 0 Å². The molecule has 92 valence electrons. The minimum atomic E-state index is -0.315. The molecule has 0 aliphatic heterocycles. The van der Waals surface area contributed by atoms with Crippen LogP contribution in [0.5, 0.6) is 0 Å². The molecule has 1 rings (SSSR count). The summed E-state index contributed by atoms with van der Waals surface area (Å²) < 4.78 is 13.0. The Labute approximate surface area is 107 Å². The Morgan fingerprint density at radius 1 is 1.53 bits per heavy atom. The average molecular weight is 254 g/mol. The Morgan fingerprint density at radius 3 is 2.88 bits per heavy atom. The highest BCUT2D eigenvalue weighted by Crippen LogP contribution is 2.26. The van der Waals surface area contributed by atoms with Gasteiger partial charge in [-0.05, 0) is 37.1 Å². The summed E-state index contributed by atoms with van der Waals surface area (Å²) in [6.45, 7) is 2.99. The molecule has 0 saturated heterocycles. The number of halogens is 2. The molecule has 3 heteroatoms. The minimum Gasteiger partial charge on any atom is -0.310 e. The summed E-state index contributed by atoms with van der Waals surface area (Å²) in [4.78, 5) is 0. The molecule has 0 aliphatic carbocycles. The van der Waals surface area contributed by atoms with E-state index in [0.29, 0.717) is 11.4 Å². The van der Waals surface area contributed by atoms with Crippen LogP contribution in [0.25, 0.3) is 0 Å². The Kier molecular flexibility index (Phi) is 6.04. The molecule has 0 fully saturated rings. The quantitative estimate of drug-likeness (QED) is 0.758. The zero-order valence-corrected chi connectivity index (χ0v) is 10.7. The van der Waals surface area contributed by atoms with Crippen molar-refractivity contribution in [3.05, 3.63) is 34.6 Å². The standard InChI is InChI=1S/C14H17ClFN/c1-3-5-6-14(17-9-4-2)12-8-7-11(16)10-13(12)15/h1,7-8,10,14,17H,4-6,9H2,2H3. The van der Waals surface area contributed by atoms with E-state index in [4.69, 9.17) is 18.0 Å². The molecule has 0 amide bonds.